The molecule has 2 amide bonds. The Bertz CT molecular complexity index is 836. The Morgan fingerprint density at radius 3 is 2.86 bits per heavy atom. The number of non-ortho nitro benzene ring substituents is 1. The Kier molecular flexibility index (Phi) is 3.13. The fraction of sp³-hybridized carbons (Fsp3) is 0.143. The van der Waals surface area contributed by atoms with Crippen LogP contribution in [-0.2, 0) is 9.59 Å². The van der Waals surface area contributed by atoms with Gasteiger partial charge in [-0.2, -0.15) is 0 Å². The number of hydrogen-bond acceptors (Lipinski definition) is 6. The zero-order valence-corrected chi connectivity index (χ0v) is 11.5. The quantitative estimate of drug-likeness (QED) is 0.686. The zero-order valence-electron chi connectivity index (χ0n) is 11.5. The number of carbonyl (C=O) groups is 2. The second-order valence-electron chi connectivity index (χ2n) is 4.83. The van der Waals surface area contributed by atoms with E-state index in [4.69, 9.17) is 4.42 Å². The molecule has 22 heavy (non-hydrogen) atoms. The normalized spacial score (nSPS) is 14.3. The molecule has 112 valence electrons. The maximum atomic E-state index is 11.6. The van der Waals surface area contributed by atoms with Crippen molar-refractivity contribution in [2.45, 2.75) is 6.92 Å². The molecule has 0 atom stereocenters. The average molecular weight is 301 g/mol. The highest BCUT2D eigenvalue weighted by atomic mass is 16.6. The molecule has 3 rings (SSSR count). The molecule has 0 unspecified atom stereocenters. The molecule has 0 saturated carbocycles. The van der Waals surface area contributed by atoms with Crippen LogP contribution in [0.25, 0.3) is 11.0 Å². The summed E-state index contributed by atoms with van der Waals surface area (Å²) in [5.41, 5.74) is 0.970. The van der Waals surface area contributed by atoms with Crippen LogP contribution in [0.3, 0.4) is 0 Å². The zero-order chi connectivity index (χ0) is 15.9. The van der Waals surface area contributed by atoms with E-state index in [9.17, 15) is 19.7 Å². The third-order valence-corrected chi connectivity index (χ3v) is 3.31. The molecule has 2 heterocycles. The van der Waals surface area contributed by atoms with Gasteiger partial charge in [0.05, 0.1) is 17.7 Å². The summed E-state index contributed by atoms with van der Waals surface area (Å²) in [6.45, 7) is 1.42. The number of nitrogens with one attached hydrogen (secondary N) is 1. The van der Waals surface area contributed by atoms with Crippen LogP contribution in [0, 0.1) is 10.1 Å². The lowest BCUT2D eigenvalue weighted by atomic mass is 10.2. The number of nitro groups is 1. The highest BCUT2D eigenvalue weighted by molar-refractivity contribution is 6.03. The first kappa shape index (κ1) is 13.8. The summed E-state index contributed by atoms with van der Waals surface area (Å²) in [4.78, 5) is 34.5. The third-order valence-electron chi connectivity index (χ3n) is 3.31. The summed E-state index contributed by atoms with van der Waals surface area (Å²) in [6.07, 6.45) is 2.67. The van der Waals surface area contributed by atoms with E-state index in [0.29, 0.717) is 16.8 Å². The molecule has 8 heteroatoms. The maximum Gasteiger partial charge on any atom is 0.314 e. The van der Waals surface area contributed by atoms with E-state index in [1.54, 1.807) is 12.1 Å². The van der Waals surface area contributed by atoms with Crippen LogP contribution < -0.4 is 5.32 Å². The predicted octanol–water partition coefficient (Wildman–Crippen LogP) is 2.03. The molecular formula is C14H11N3O5. The number of benzene rings is 1. The molecule has 1 aliphatic heterocycles. The third kappa shape index (κ3) is 2.30. The number of carbonyl (C=O) groups excluding carboxylic acids is 2. The Hall–Kier alpha value is -3.16. The van der Waals surface area contributed by atoms with E-state index in [2.05, 4.69) is 5.32 Å². The summed E-state index contributed by atoms with van der Waals surface area (Å²) >= 11 is 0. The monoisotopic (exact) mass is 301 g/mol. The van der Waals surface area contributed by atoms with Gasteiger partial charge < -0.3 is 9.73 Å². The lowest BCUT2D eigenvalue weighted by Crippen LogP contribution is -2.31. The molecule has 0 radical (unpaired) electrons. The topological polar surface area (TPSA) is 106 Å². The molecule has 1 N–H and O–H groups in total. The highest BCUT2D eigenvalue weighted by Gasteiger charge is 2.25. The van der Waals surface area contributed by atoms with Crippen molar-refractivity contribution >= 4 is 34.2 Å². The summed E-state index contributed by atoms with van der Waals surface area (Å²) in [5, 5.41) is 14.6. The summed E-state index contributed by atoms with van der Waals surface area (Å²) in [7, 11) is 0. The molecular weight excluding hydrogens is 290 g/mol. The van der Waals surface area contributed by atoms with E-state index in [1.807, 2.05) is 0 Å². The van der Waals surface area contributed by atoms with Gasteiger partial charge in [0.2, 0.25) is 11.5 Å². The molecule has 1 aromatic carbocycles. The van der Waals surface area contributed by atoms with Gasteiger partial charge in [0.1, 0.15) is 0 Å². The number of nitrogens with zero attached hydrogens (tertiary/aromatic N) is 2. The standard InChI is InChI=1S/C14H11N3O5/c1-8(18)16-7-11(6-13(16)19)15-10-4-9-2-3-22-14(9)12(5-10)17(20)21/h2-6,15H,7H2,1H3. The Labute approximate surface area is 124 Å². The van der Waals surface area contributed by atoms with Crippen molar-refractivity contribution in [3.63, 3.8) is 0 Å². The fourth-order valence-electron chi connectivity index (χ4n) is 2.32. The van der Waals surface area contributed by atoms with Crippen LogP contribution in [0.1, 0.15) is 6.92 Å². The second-order valence-corrected chi connectivity index (χ2v) is 4.83. The van der Waals surface area contributed by atoms with Gasteiger partial charge in [-0.1, -0.05) is 0 Å². The molecule has 1 aliphatic rings. The number of furan rings is 1. The Morgan fingerprint density at radius 2 is 2.23 bits per heavy atom. The van der Waals surface area contributed by atoms with Gasteiger partial charge >= 0.3 is 5.69 Å². The molecule has 0 spiro atoms. The van der Waals surface area contributed by atoms with Crippen molar-refractivity contribution in [1.29, 1.82) is 0 Å². The van der Waals surface area contributed by atoms with Gasteiger partial charge in [0, 0.05) is 35.8 Å². The number of imide groups is 1. The second kappa shape index (κ2) is 4.99. The van der Waals surface area contributed by atoms with E-state index in [1.165, 1.54) is 25.3 Å². The van der Waals surface area contributed by atoms with Gasteiger partial charge in [-0.3, -0.25) is 24.6 Å². The van der Waals surface area contributed by atoms with Gasteiger partial charge in [-0.05, 0) is 12.1 Å². The SMILES string of the molecule is CC(=O)N1CC(Nc2cc([N+](=O)[O-])c3occc3c2)=CC1=O. The van der Waals surface area contributed by atoms with Gasteiger partial charge in [0.25, 0.3) is 5.91 Å². The molecule has 0 saturated heterocycles. The Balaban J connectivity index is 1.92. The summed E-state index contributed by atoms with van der Waals surface area (Å²) in [6, 6.07) is 4.62. The number of rotatable bonds is 3. The molecule has 0 fully saturated rings. The molecule has 0 bridgehead atoms. The predicted molar refractivity (Wildman–Crippen MR) is 77.0 cm³/mol. The number of hydrogen-bond donors (Lipinski definition) is 1. The van der Waals surface area contributed by atoms with Crippen molar-refractivity contribution in [2.75, 3.05) is 11.9 Å². The van der Waals surface area contributed by atoms with Crippen molar-refractivity contribution in [1.82, 2.24) is 4.90 Å². The average Bonchev–Trinajstić information content (AvgIpc) is 3.04. The smallest absolute Gasteiger partial charge is 0.314 e. The Morgan fingerprint density at radius 1 is 1.45 bits per heavy atom. The first-order valence-corrected chi connectivity index (χ1v) is 6.41. The lowest BCUT2D eigenvalue weighted by molar-refractivity contribution is -0.383. The highest BCUT2D eigenvalue weighted by Crippen LogP contribution is 2.31. The minimum Gasteiger partial charge on any atom is -0.457 e. The minimum atomic E-state index is -0.535. The van der Waals surface area contributed by atoms with Crippen LogP contribution in [-0.4, -0.2) is 28.2 Å². The van der Waals surface area contributed by atoms with E-state index in [-0.39, 0.29) is 23.7 Å². The first-order chi connectivity index (χ1) is 10.5. The number of fused-ring (bicyclic) bond motifs is 1. The largest absolute Gasteiger partial charge is 0.457 e. The number of anilines is 1. The molecule has 0 aliphatic carbocycles. The summed E-state index contributed by atoms with van der Waals surface area (Å²) in [5.74, 6) is -0.761. The number of nitro benzene ring substituents is 1. The molecule has 2 aromatic rings. The lowest BCUT2D eigenvalue weighted by Gasteiger charge is -2.12. The number of amides is 2. The maximum absolute atomic E-state index is 11.6. The van der Waals surface area contributed by atoms with Crippen LogP contribution >= 0.6 is 0 Å². The van der Waals surface area contributed by atoms with E-state index < -0.39 is 10.8 Å². The first-order valence-electron chi connectivity index (χ1n) is 6.41. The van der Waals surface area contributed by atoms with Gasteiger partial charge in [-0.25, -0.2) is 0 Å². The van der Waals surface area contributed by atoms with Gasteiger partial charge in [-0.15, -0.1) is 0 Å². The van der Waals surface area contributed by atoms with E-state index >= 15 is 0 Å². The van der Waals surface area contributed by atoms with Crippen molar-refractivity contribution < 1.29 is 18.9 Å². The van der Waals surface area contributed by atoms with Crippen molar-refractivity contribution in [3.05, 3.63) is 46.3 Å². The fourth-order valence-corrected chi connectivity index (χ4v) is 2.32. The van der Waals surface area contributed by atoms with Crippen LogP contribution in [0.2, 0.25) is 0 Å². The van der Waals surface area contributed by atoms with Crippen molar-refractivity contribution in [3.8, 4) is 0 Å². The van der Waals surface area contributed by atoms with Crippen LogP contribution in [0.4, 0.5) is 11.4 Å². The summed E-state index contributed by atoms with van der Waals surface area (Å²) < 4.78 is 5.11. The van der Waals surface area contributed by atoms with Crippen LogP contribution in [0.5, 0.6) is 0 Å². The minimum absolute atomic E-state index is 0.116. The van der Waals surface area contributed by atoms with Gasteiger partial charge in [0.15, 0.2) is 0 Å². The molecule has 1 aromatic heterocycles. The van der Waals surface area contributed by atoms with Crippen molar-refractivity contribution in [2.24, 2.45) is 0 Å². The molecule has 8 nitrogen and oxygen atoms in total. The van der Waals surface area contributed by atoms with Crippen LogP contribution in [0.15, 0.2) is 40.7 Å². The van der Waals surface area contributed by atoms with E-state index in [0.717, 1.165) is 4.90 Å².